The number of aryl methyl sites for hydroxylation is 1. The quantitative estimate of drug-likeness (QED) is 0.624. The molecule has 31 heavy (non-hydrogen) atoms. The minimum atomic E-state index is -2.50. The van der Waals surface area contributed by atoms with E-state index in [1.165, 1.54) is 6.07 Å². The van der Waals surface area contributed by atoms with Crippen LogP contribution in [0, 0.1) is 13.8 Å². The van der Waals surface area contributed by atoms with Gasteiger partial charge in [0.15, 0.2) is 0 Å². The summed E-state index contributed by atoms with van der Waals surface area (Å²) in [4.78, 5) is 17.9. The van der Waals surface area contributed by atoms with Crippen molar-refractivity contribution in [1.82, 2.24) is 19.9 Å². The lowest BCUT2D eigenvalue weighted by Crippen LogP contribution is -2.32. The van der Waals surface area contributed by atoms with E-state index in [2.05, 4.69) is 30.1 Å². The number of likely N-dealkylation sites (N-methyl/N-ethyl adjacent to an activating group) is 1. The molecule has 3 aromatic rings. The number of hydrogen-bond acceptors (Lipinski definition) is 6. The molecular weight excluding hydrogens is 398 g/mol. The molecule has 1 aromatic carbocycles. The summed E-state index contributed by atoms with van der Waals surface area (Å²) in [5.74, 6) is 2.10. The van der Waals surface area contributed by atoms with Crippen molar-refractivity contribution in [2.75, 3.05) is 30.4 Å². The van der Waals surface area contributed by atoms with Crippen molar-refractivity contribution in [2.45, 2.75) is 33.2 Å². The lowest BCUT2D eigenvalue weighted by atomic mass is 9.97. The summed E-state index contributed by atoms with van der Waals surface area (Å²) in [5.41, 5.74) is 2.21. The summed E-state index contributed by atoms with van der Waals surface area (Å²) in [5, 5.41) is 4.26. The van der Waals surface area contributed by atoms with Crippen LogP contribution in [-0.2, 0) is 0 Å². The number of anilines is 2. The second kappa shape index (κ2) is 8.45. The molecule has 162 valence electrons. The van der Waals surface area contributed by atoms with Crippen LogP contribution in [0.15, 0.2) is 42.9 Å². The third kappa shape index (κ3) is 4.28. The first-order chi connectivity index (χ1) is 14.8. The van der Waals surface area contributed by atoms with E-state index in [0.29, 0.717) is 17.2 Å². The summed E-state index contributed by atoms with van der Waals surface area (Å²) in [6.07, 6.45) is 3.27. The molecule has 1 atom stereocenters. The molecule has 0 saturated carbocycles. The highest BCUT2D eigenvalue weighted by molar-refractivity contribution is 5.90. The minimum absolute atomic E-state index is 0.0585. The topological polar surface area (TPSA) is 57.2 Å². The summed E-state index contributed by atoms with van der Waals surface area (Å²) in [6, 6.07) is 6.78. The van der Waals surface area contributed by atoms with Gasteiger partial charge in [0, 0.05) is 43.5 Å². The summed E-state index contributed by atoms with van der Waals surface area (Å²) < 4.78 is 26.7. The first kappa shape index (κ1) is 21.0. The number of aromatic nitrogens is 3. The van der Waals surface area contributed by atoms with E-state index in [1.54, 1.807) is 19.2 Å². The van der Waals surface area contributed by atoms with Crippen molar-refractivity contribution in [3.63, 3.8) is 0 Å². The number of fused-ring (bicyclic) bond motifs is 1. The molecule has 1 aliphatic rings. The zero-order chi connectivity index (χ0) is 22.1. The summed E-state index contributed by atoms with van der Waals surface area (Å²) in [7, 11) is 2.03. The second-order valence-electron chi connectivity index (χ2n) is 7.88. The van der Waals surface area contributed by atoms with Gasteiger partial charge >= 0.3 is 0 Å². The van der Waals surface area contributed by atoms with Crippen molar-refractivity contribution < 1.29 is 8.78 Å². The number of pyridine rings is 1. The third-order valence-electron chi connectivity index (χ3n) is 5.64. The molecule has 3 heterocycles. The van der Waals surface area contributed by atoms with Crippen molar-refractivity contribution in [3.05, 3.63) is 65.4 Å². The Bertz CT molecular complexity index is 1130. The van der Waals surface area contributed by atoms with Gasteiger partial charge in [0.1, 0.15) is 17.5 Å². The largest absolute Gasteiger partial charge is 0.377 e. The van der Waals surface area contributed by atoms with E-state index in [9.17, 15) is 8.78 Å². The van der Waals surface area contributed by atoms with Gasteiger partial charge in [-0.1, -0.05) is 18.2 Å². The van der Waals surface area contributed by atoms with Crippen LogP contribution in [0.25, 0.3) is 10.9 Å². The molecule has 0 amide bonds. The predicted octanol–water partition coefficient (Wildman–Crippen LogP) is 4.98. The average Bonchev–Trinajstić information content (AvgIpc) is 2.74. The Hall–Kier alpha value is -3.29. The van der Waals surface area contributed by atoms with Gasteiger partial charge in [-0.15, -0.1) is 0 Å². The van der Waals surface area contributed by atoms with Crippen molar-refractivity contribution in [3.8, 4) is 0 Å². The van der Waals surface area contributed by atoms with Crippen molar-refractivity contribution >= 4 is 22.5 Å². The van der Waals surface area contributed by atoms with Crippen LogP contribution in [0.3, 0.4) is 0 Å². The maximum Gasteiger partial charge on any atom is 0.264 e. The van der Waals surface area contributed by atoms with Gasteiger partial charge in [-0.05, 0) is 38.0 Å². The maximum absolute atomic E-state index is 13.3. The van der Waals surface area contributed by atoms with Gasteiger partial charge in [-0.3, -0.25) is 0 Å². The normalized spacial score (nSPS) is 15.1. The zero-order valence-corrected chi connectivity index (χ0v) is 18.1. The molecule has 6 nitrogen and oxygen atoms in total. The van der Waals surface area contributed by atoms with Gasteiger partial charge < -0.3 is 15.1 Å². The number of rotatable bonds is 5. The number of halogens is 2. The third-order valence-corrected chi connectivity index (χ3v) is 5.64. The van der Waals surface area contributed by atoms with Gasteiger partial charge in [0.2, 0.25) is 0 Å². The molecule has 0 spiro atoms. The number of benzene rings is 1. The maximum atomic E-state index is 13.3. The van der Waals surface area contributed by atoms with Gasteiger partial charge in [-0.25, -0.2) is 23.7 Å². The Kier molecular flexibility index (Phi) is 5.71. The van der Waals surface area contributed by atoms with Crippen molar-refractivity contribution in [2.24, 2.45) is 0 Å². The Balaban J connectivity index is 1.71. The fraction of sp³-hybridized carbons (Fsp3) is 0.348. The molecule has 0 unspecified atom stereocenters. The van der Waals surface area contributed by atoms with Crippen LogP contribution in [-0.4, -0.2) is 40.0 Å². The van der Waals surface area contributed by atoms with Crippen molar-refractivity contribution in [1.29, 1.82) is 0 Å². The van der Waals surface area contributed by atoms with E-state index in [-0.39, 0.29) is 11.6 Å². The number of nitrogens with one attached hydrogen (secondary N) is 1. The molecule has 2 aromatic heterocycles. The van der Waals surface area contributed by atoms with Gasteiger partial charge in [0.25, 0.3) is 6.43 Å². The van der Waals surface area contributed by atoms with Crippen LogP contribution in [0.4, 0.5) is 20.4 Å². The minimum Gasteiger partial charge on any atom is -0.377 e. The standard InChI is InChI=1S/C23H26F2N6/c1-14-17(6-5-7-18(14)22(24)25)15(2)27-23-19-12-21(31-10-8-30(4)9-11-31)26-13-20(19)28-16(3)29-23/h5-8,10,12-13,15,22H,9,11H2,1-4H3,(H,27,28,29)/t15-/m1/s1. The fourth-order valence-electron chi connectivity index (χ4n) is 3.86. The first-order valence-electron chi connectivity index (χ1n) is 10.3. The number of hydrogen-bond donors (Lipinski definition) is 1. The van der Waals surface area contributed by atoms with E-state index in [4.69, 9.17) is 0 Å². The lowest BCUT2D eigenvalue weighted by Gasteiger charge is -2.28. The van der Waals surface area contributed by atoms with Crippen LogP contribution in [0.1, 0.15) is 41.9 Å². The fourth-order valence-corrected chi connectivity index (χ4v) is 3.86. The van der Waals surface area contributed by atoms with Crippen LogP contribution in [0.2, 0.25) is 0 Å². The molecule has 4 rings (SSSR count). The first-order valence-corrected chi connectivity index (χ1v) is 10.3. The monoisotopic (exact) mass is 424 g/mol. The van der Waals surface area contributed by atoms with Crippen LogP contribution in [0.5, 0.6) is 0 Å². The highest BCUT2D eigenvalue weighted by Crippen LogP contribution is 2.31. The molecule has 0 bridgehead atoms. The van der Waals surface area contributed by atoms with E-state index >= 15 is 0 Å². The molecule has 0 radical (unpaired) electrons. The van der Waals surface area contributed by atoms with Crippen LogP contribution >= 0.6 is 0 Å². The predicted molar refractivity (Wildman–Crippen MR) is 119 cm³/mol. The molecule has 8 heteroatoms. The highest BCUT2D eigenvalue weighted by atomic mass is 19.3. The molecule has 0 aliphatic carbocycles. The zero-order valence-electron chi connectivity index (χ0n) is 18.1. The van der Waals surface area contributed by atoms with E-state index in [1.807, 2.05) is 45.4 Å². The second-order valence-corrected chi connectivity index (χ2v) is 7.88. The summed E-state index contributed by atoms with van der Waals surface area (Å²) in [6.45, 7) is 7.25. The Labute approximate surface area is 180 Å². The van der Waals surface area contributed by atoms with Gasteiger partial charge in [-0.2, -0.15) is 0 Å². The molecule has 1 N–H and O–H groups in total. The van der Waals surface area contributed by atoms with E-state index < -0.39 is 6.43 Å². The van der Waals surface area contributed by atoms with Gasteiger partial charge in [0.05, 0.1) is 17.8 Å². The number of nitrogens with zero attached hydrogens (tertiary/aromatic N) is 5. The van der Waals surface area contributed by atoms with E-state index in [0.717, 1.165) is 35.4 Å². The number of alkyl halides is 2. The summed E-state index contributed by atoms with van der Waals surface area (Å²) >= 11 is 0. The molecule has 0 saturated heterocycles. The molecule has 1 aliphatic heterocycles. The Morgan fingerprint density at radius 3 is 2.55 bits per heavy atom. The highest BCUT2D eigenvalue weighted by Gasteiger charge is 2.18. The molecule has 0 fully saturated rings. The van der Waals surface area contributed by atoms with Crippen LogP contribution < -0.4 is 10.2 Å². The Morgan fingerprint density at radius 2 is 1.84 bits per heavy atom. The Morgan fingerprint density at radius 1 is 1.06 bits per heavy atom. The molecular formula is C23H26F2N6. The SMILES string of the molecule is Cc1nc(N[C@H](C)c2cccc(C(F)F)c2C)c2cc(N3C=CN(C)CC3)ncc2n1. The smallest absolute Gasteiger partial charge is 0.264 e. The lowest BCUT2D eigenvalue weighted by molar-refractivity contribution is 0.150. The average molecular weight is 424 g/mol.